The summed E-state index contributed by atoms with van der Waals surface area (Å²) in [6.07, 6.45) is 0. The lowest BCUT2D eigenvalue weighted by Gasteiger charge is -2.33. The molecule has 0 aliphatic carbocycles. The number of benzene rings is 12. The topological polar surface area (TPSA) is 18.5 Å². The molecule has 4 heteroatoms. The van der Waals surface area contributed by atoms with E-state index < -0.39 is 0 Å². The Morgan fingerprint density at radius 2 is 0.694 bits per heavy atom. The second kappa shape index (κ2) is 14.5. The van der Waals surface area contributed by atoms with E-state index in [4.69, 9.17) is 9.47 Å². The van der Waals surface area contributed by atoms with Crippen molar-refractivity contribution in [3.63, 3.8) is 0 Å². The SMILES string of the molecule is COc1ccc2c(c1)-c1cc(C)cc3c1B2c1cc2c(-c4ccccc4-c4ccccc4)cc4c5c(cc6c(-c7ccccc7-c7ccccc7)cc-3c1c6c25)B1c2ccc(C)cc2-c2cc(OC)cc-4c21. The molecular weight excluding hydrogens is 870 g/mol. The van der Waals surface area contributed by atoms with E-state index in [0.717, 1.165) is 11.5 Å². The fourth-order valence-corrected chi connectivity index (χ4v) is 14.1. The molecule has 4 aliphatic rings. The van der Waals surface area contributed by atoms with Gasteiger partial charge < -0.3 is 9.47 Å². The number of hydrogen-bond donors (Lipinski definition) is 0. The molecule has 0 saturated carbocycles. The van der Waals surface area contributed by atoms with E-state index in [1.807, 2.05) is 7.11 Å². The molecule has 2 nitrogen and oxygen atoms in total. The standard InChI is InChI=1S/C68H44B2O2/c1-37-23-25-59-49(27-37)57-31-42(72-4)32-58-52-34-48(46-22-14-12-20-44(46)40-17-9-6-10-18-40)54-35-61-63-51(56-29-38(2)28-55-50-30-41(71-3)24-26-60(50)70(61)67(55)56)33-47(45-21-13-11-19-43(45)39-15-7-5-8-16-39)53-36-62(69(59)68(57)58)64(52)66(54)65(53)63/h5-36H,1-4H3. The van der Waals surface area contributed by atoms with Crippen molar-refractivity contribution in [2.45, 2.75) is 13.8 Å². The van der Waals surface area contributed by atoms with Crippen LogP contribution in [0, 0.1) is 13.8 Å². The second-order valence-corrected chi connectivity index (χ2v) is 20.6. The van der Waals surface area contributed by atoms with Gasteiger partial charge in [0.1, 0.15) is 11.5 Å². The molecule has 334 valence electrons. The highest BCUT2D eigenvalue weighted by atomic mass is 16.5. The maximum absolute atomic E-state index is 6.25. The van der Waals surface area contributed by atoms with Gasteiger partial charge in [-0.1, -0.05) is 196 Å². The molecular formula is C68H44B2O2. The minimum absolute atomic E-state index is 0.0415. The predicted molar refractivity (Wildman–Crippen MR) is 306 cm³/mol. The van der Waals surface area contributed by atoms with Crippen molar-refractivity contribution in [3.8, 4) is 101 Å². The van der Waals surface area contributed by atoms with Gasteiger partial charge in [-0.3, -0.25) is 0 Å². The van der Waals surface area contributed by atoms with Gasteiger partial charge in [0.15, 0.2) is 0 Å². The number of rotatable bonds is 6. The van der Waals surface area contributed by atoms with E-state index in [0.29, 0.717) is 0 Å². The molecule has 4 aliphatic heterocycles. The van der Waals surface area contributed by atoms with Crippen LogP contribution in [0.1, 0.15) is 11.1 Å². The molecule has 0 amide bonds. The minimum Gasteiger partial charge on any atom is -0.497 e. The number of methoxy groups -OCH3 is 2. The summed E-state index contributed by atoms with van der Waals surface area (Å²) < 4.78 is 12.2. The highest BCUT2D eigenvalue weighted by Crippen LogP contribution is 2.53. The van der Waals surface area contributed by atoms with Crippen molar-refractivity contribution >= 4 is 78.5 Å². The number of aryl methyl sites for hydroxylation is 2. The summed E-state index contributed by atoms with van der Waals surface area (Å²) in [6, 6.07) is 73.9. The first-order valence-electron chi connectivity index (χ1n) is 25.3. The van der Waals surface area contributed by atoms with E-state index in [1.165, 1.54) is 165 Å². The van der Waals surface area contributed by atoms with Crippen molar-refractivity contribution in [2.24, 2.45) is 0 Å². The summed E-state index contributed by atoms with van der Waals surface area (Å²) in [5.74, 6) is 1.77. The first-order valence-corrected chi connectivity index (χ1v) is 25.3. The maximum Gasteiger partial charge on any atom is 0.244 e. The molecule has 16 rings (SSSR count). The van der Waals surface area contributed by atoms with Crippen LogP contribution in [0.25, 0.3) is 121 Å². The zero-order valence-corrected chi connectivity index (χ0v) is 40.4. The van der Waals surface area contributed by atoms with Gasteiger partial charge in [-0.15, -0.1) is 0 Å². The van der Waals surface area contributed by atoms with Crippen LogP contribution in [0.2, 0.25) is 0 Å². The van der Waals surface area contributed by atoms with E-state index in [9.17, 15) is 0 Å². The fraction of sp³-hybridized carbons (Fsp3) is 0.0588. The third kappa shape index (κ3) is 5.21. The summed E-state index contributed by atoms with van der Waals surface area (Å²) in [7, 11) is 3.60. The molecule has 0 aromatic heterocycles. The molecule has 0 atom stereocenters. The maximum atomic E-state index is 6.25. The Kier molecular flexibility index (Phi) is 8.09. The van der Waals surface area contributed by atoms with Gasteiger partial charge in [0.05, 0.1) is 14.2 Å². The van der Waals surface area contributed by atoms with Crippen molar-refractivity contribution in [1.29, 1.82) is 0 Å². The van der Waals surface area contributed by atoms with Crippen molar-refractivity contribution in [2.75, 3.05) is 14.2 Å². The lowest BCUT2D eigenvalue weighted by molar-refractivity contribution is 0.415. The molecule has 4 heterocycles. The van der Waals surface area contributed by atoms with Crippen molar-refractivity contribution < 1.29 is 9.47 Å². The molecule has 0 radical (unpaired) electrons. The summed E-state index contributed by atoms with van der Waals surface area (Å²) in [4.78, 5) is 0. The van der Waals surface area contributed by atoms with Gasteiger partial charge in [-0.25, -0.2) is 0 Å². The van der Waals surface area contributed by atoms with Crippen LogP contribution >= 0.6 is 0 Å². The highest BCUT2D eigenvalue weighted by molar-refractivity contribution is 7.03. The summed E-state index contributed by atoms with van der Waals surface area (Å²) in [5, 5.41) is 7.99. The lowest BCUT2D eigenvalue weighted by Crippen LogP contribution is -2.53. The second-order valence-electron chi connectivity index (χ2n) is 20.6. The zero-order valence-electron chi connectivity index (χ0n) is 40.4. The van der Waals surface area contributed by atoms with E-state index >= 15 is 0 Å². The summed E-state index contributed by atoms with van der Waals surface area (Å²) in [6.45, 7) is 4.57. The number of ether oxygens (including phenoxy) is 2. The van der Waals surface area contributed by atoms with Gasteiger partial charge in [0, 0.05) is 0 Å². The van der Waals surface area contributed by atoms with E-state index in [2.05, 4.69) is 208 Å². The van der Waals surface area contributed by atoms with Gasteiger partial charge in [0.2, 0.25) is 13.4 Å². The van der Waals surface area contributed by atoms with E-state index in [-0.39, 0.29) is 13.4 Å². The van der Waals surface area contributed by atoms with Gasteiger partial charge >= 0.3 is 0 Å². The molecule has 12 aromatic rings. The lowest BCUT2D eigenvalue weighted by atomic mass is 9.34. The van der Waals surface area contributed by atoms with Crippen LogP contribution in [-0.2, 0) is 0 Å². The highest BCUT2D eigenvalue weighted by Gasteiger charge is 2.45. The molecule has 0 bridgehead atoms. The van der Waals surface area contributed by atoms with Crippen LogP contribution in [0.5, 0.6) is 11.5 Å². The predicted octanol–water partition coefficient (Wildman–Crippen LogP) is 12.8. The Labute approximate surface area is 419 Å². The Morgan fingerprint density at radius 3 is 1.22 bits per heavy atom. The molecule has 0 saturated heterocycles. The number of fused-ring (bicyclic) bond motifs is 10. The summed E-state index contributed by atoms with van der Waals surface area (Å²) >= 11 is 0. The first kappa shape index (κ1) is 40.2. The smallest absolute Gasteiger partial charge is 0.244 e. The molecule has 12 aromatic carbocycles. The van der Waals surface area contributed by atoms with Crippen LogP contribution in [0.4, 0.5) is 0 Å². The zero-order chi connectivity index (χ0) is 47.7. The molecule has 72 heavy (non-hydrogen) atoms. The molecule has 0 unspecified atom stereocenters. The first-order chi connectivity index (χ1) is 35.4. The monoisotopic (exact) mass is 914 g/mol. The van der Waals surface area contributed by atoms with Gasteiger partial charge in [-0.05, 0) is 177 Å². The van der Waals surface area contributed by atoms with Crippen LogP contribution in [-0.4, -0.2) is 27.6 Å². The average molecular weight is 915 g/mol. The van der Waals surface area contributed by atoms with Crippen molar-refractivity contribution in [1.82, 2.24) is 0 Å². The molecule has 0 fully saturated rings. The fourth-order valence-electron chi connectivity index (χ4n) is 14.1. The Hall–Kier alpha value is -8.59. The Morgan fingerprint density at radius 1 is 0.278 bits per heavy atom. The minimum atomic E-state index is 0.0415. The summed E-state index contributed by atoms with van der Waals surface area (Å²) in [5.41, 5.74) is 30.9. The van der Waals surface area contributed by atoms with E-state index in [1.54, 1.807) is 7.11 Å². The normalized spacial score (nSPS) is 12.9. The van der Waals surface area contributed by atoms with Gasteiger partial charge in [-0.2, -0.15) is 0 Å². The van der Waals surface area contributed by atoms with Crippen molar-refractivity contribution in [3.05, 3.63) is 205 Å². The Bertz CT molecular complexity index is 4380. The third-order valence-corrected chi connectivity index (χ3v) is 16.9. The van der Waals surface area contributed by atoms with Crippen LogP contribution in [0.3, 0.4) is 0 Å². The van der Waals surface area contributed by atoms with Crippen LogP contribution < -0.4 is 42.3 Å². The largest absolute Gasteiger partial charge is 0.497 e. The third-order valence-electron chi connectivity index (χ3n) is 16.9. The molecule has 0 N–H and O–H groups in total. The average Bonchev–Trinajstić information content (AvgIpc) is 3.94. The Balaban J connectivity index is 1.16. The van der Waals surface area contributed by atoms with Gasteiger partial charge in [0.25, 0.3) is 0 Å². The van der Waals surface area contributed by atoms with Crippen LogP contribution in [0.15, 0.2) is 194 Å². The quantitative estimate of drug-likeness (QED) is 0.122. The number of hydrogen-bond acceptors (Lipinski definition) is 2. The molecule has 0 spiro atoms.